The second kappa shape index (κ2) is 8.99. The molecule has 5 nitrogen and oxygen atoms in total. The SMILES string of the molecule is COCCCn1c(SCc2cccnc2)nnc1-c1ccccc1Cl. The molecule has 0 saturated carbocycles. The van der Waals surface area contributed by atoms with Crippen molar-refractivity contribution in [1.82, 2.24) is 19.7 Å². The van der Waals surface area contributed by atoms with E-state index in [1.54, 1.807) is 25.1 Å². The molecule has 0 unspecified atom stereocenters. The number of ether oxygens (including phenoxy) is 1. The molecule has 0 bridgehead atoms. The van der Waals surface area contributed by atoms with Gasteiger partial charge in [0.1, 0.15) is 0 Å². The van der Waals surface area contributed by atoms with Crippen LogP contribution in [0.4, 0.5) is 0 Å². The molecule has 0 fully saturated rings. The average Bonchev–Trinajstić information content (AvgIpc) is 3.04. The lowest BCUT2D eigenvalue weighted by Crippen LogP contribution is -2.05. The molecule has 130 valence electrons. The van der Waals surface area contributed by atoms with Crippen LogP contribution in [0.25, 0.3) is 11.4 Å². The third kappa shape index (κ3) is 4.60. The molecule has 0 N–H and O–H groups in total. The maximum absolute atomic E-state index is 6.35. The minimum Gasteiger partial charge on any atom is -0.385 e. The molecule has 7 heteroatoms. The molecule has 0 amide bonds. The van der Waals surface area contributed by atoms with E-state index < -0.39 is 0 Å². The van der Waals surface area contributed by atoms with Crippen molar-refractivity contribution in [2.24, 2.45) is 0 Å². The summed E-state index contributed by atoms with van der Waals surface area (Å²) in [6.07, 6.45) is 4.52. The van der Waals surface area contributed by atoms with Crippen molar-refractivity contribution < 1.29 is 4.74 Å². The third-order valence-corrected chi connectivity index (χ3v) is 5.02. The van der Waals surface area contributed by atoms with Gasteiger partial charge in [-0.25, -0.2) is 0 Å². The molecule has 0 spiro atoms. The van der Waals surface area contributed by atoms with Crippen molar-refractivity contribution in [1.29, 1.82) is 0 Å². The van der Waals surface area contributed by atoms with Gasteiger partial charge in [0.2, 0.25) is 0 Å². The lowest BCUT2D eigenvalue weighted by molar-refractivity contribution is 0.189. The van der Waals surface area contributed by atoms with Crippen LogP contribution in [0.15, 0.2) is 53.9 Å². The molecule has 3 rings (SSSR count). The van der Waals surface area contributed by atoms with Gasteiger partial charge in [0.15, 0.2) is 11.0 Å². The van der Waals surface area contributed by atoms with E-state index in [4.69, 9.17) is 16.3 Å². The van der Waals surface area contributed by atoms with Crippen LogP contribution in [0, 0.1) is 0 Å². The van der Waals surface area contributed by atoms with Gasteiger partial charge in [-0.1, -0.05) is 41.6 Å². The Morgan fingerprint density at radius 2 is 2.04 bits per heavy atom. The zero-order valence-corrected chi connectivity index (χ0v) is 15.5. The number of hydrogen-bond donors (Lipinski definition) is 0. The second-order valence-electron chi connectivity index (χ2n) is 5.43. The lowest BCUT2D eigenvalue weighted by atomic mass is 10.2. The van der Waals surface area contributed by atoms with Crippen LogP contribution < -0.4 is 0 Å². The highest BCUT2D eigenvalue weighted by molar-refractivity contribution is 7.98. The summed E-state index contributed by atoms with van der Waals surface area (Å²) in [7, 11) is 1.71. The van der Waals surface area contributed by atoms with Crippen LogP contribution in [0.3, 0.4) is 0 Å². The Labute approximate surface area is 156 Å². The van der Waals surface area contributed by atoms with Crippen molar-refractivity contribution >= 4 is 23.4 Å². The predicted octanol–water partition coefficient (Wildman–Crippen LogP) is 4.32. The highest BCUT2D eigenvalue weighted by Crippen LogP contribution is 2.30. The molecular weight excluding hydrogens is 356 g/mol. The van der Waals surface area contributed by atoms with Crippen molar-refractivity contribution in [2.75, 3.05) is 13.7 Å². The Balaban J connectivity index is 1.85. The summed E-state index contributed by atoms with van der Waals surface area (Å²) in [4.78, 5) is 4.15. The van der Waals surface area contributed by atoms with Crippen LogP contribution in [-0.2, 0) is 17.0 Å². The maximum Gasteiger partial charge on any atom is 0.191 e. The quantitative estimate of drug-likeness (QED) is 0.434. The van der Waals surface area contributed by atoms with Gasteiger partial charge in [-0.15, -0.1) is 10.2 Å². The standard InChI is InChI=1S/C18H19ClN4OS/c1-24-11-5-10-23-17(15-7-2-3-8-16(15)19)21-22-18(23)25-13-14-6-4-9-20-12-14/h2-4,6-9,12H,5,10-11,13H2,1H3. The number of aromatic nitrogens is 4. The molecule has 0 aliphatic carbocycles. The Bertz CT molecular complexity index is 810. The molecule has 2 heterocycles. The average molecular weight is 375 g/mol. The summed E-state index contributed by atoms with van der Waals surface area (Å²) in [5, 5.41) is 10.3. The van der Waals surface area contributed by atoms with Crippen LogP contribution in [0.1, 0.15) is 12.0 Å². The second-order valence-corrected chi connectivity index (χ2v) is 6.78. The fraction of sp³-hybridized carbons (Fsp3) is 0.278. The van der Waals surface area contributed by atoms with E-state index in [0.29, 0.717) is 11.6 Å². The monoisotopic (exact) mass is 374 g/mol. The van der Waals surface area contributed by atoms with E-state index in [-0.39, 0.29) is 0 Å². The highest BCUT2D eigenvalue weighted by Gasteiger charge is 2.16. The molecule has 25 heavy (non-hydrogen) atoms. The van der Waals surface area contributed by atoms with E-state index in [9.17, 15) is 0 Å². The fourth-order valence-corrected chi connectivity index (χ4v) is 3.56. The molecule has 2 aromatic heterocycles. The molecule has 0 saturated heterocycles. The molecular formula is C18H19ClN4OS. The number of thioether (sulfide) groups is 1. The largest absolute Gasteiger partial charge is 0.385 e. The molecule has 3 aromatic rings. The Hall–Kier alpha value is -1.89. The number of methoxy groups -OCH3 is 1. The normalized spacial score (nSPS) is 11.0. The van der Waals surface area contributed by atoms with Gasteiger partial charge in [0, 0.05) is 44.0 Å². The van der Waals surface area contributed by atoms with Crippen LogP contribution >= 0.6 is 23.4 Å². The van der Waals surface area contributed by atoms with Gasteiger partial charge in [-0.3, -0.25) is 4.98 Å². The van der Waals surface area contributed by atoms with E-state index in [1.165, 1.54) is 0 Å². The highest BCUT2D eigenvalue weighted by atomic mass is 35.5. The Morgan fingerprint density at radius 1 is 1.16 bits per heavy atom. The van der Waals surface area contributed by atoms with Gasteiger partial charge in [0.05, 0.1) is 5.02 Å². The van der Waals surface area contributed by atoms with Crippen LogP contribution in [0.5, 0.6) is 0 Å². The number of nitrogens with zero attached hydrogens (tertiary/aromatic N) is 4. The summed E-state index contributed by atoms with van der Waals surface area (Å²) in [6, 6.07) is 11.7. The van der Waals surface area contributed by atoms with Gasteiger partial charge < -0.3 is 9.30 Å². The number of pyridine rings is 1. The smallest absolute Gasteiger partial charge is 0.191 e. The zero-order valence-electron chi connectivity index (χ0n) is 13.9. The molecule has 0 aliphatic heterocycles. The van der Waals surface area contributed by atoms with Crippen molar-refractivity contribution in [3.63, 3.8) is 0 Å². The first-order valence-electron chi connectivity index (χ1n) is 7.98. The molecule has 0 radical (unpaired) electrons. The Kier molecular flexibility index (Phi) is 6.44. The van der Waals surface area contributed by atoms with Gasteiger partial charge in [-0.2, -0.15) is 0 Å². The molecule has 1 aromatic carbocycles. The number of benzene rings is 1. The maximum atomic E-state index is 6.35. The zero-order chi connectivity index (χ0) is 17.5. The number of rotatable bonds is 8. The fourth-order valence-electron chi connectivity index (χ4n) is 2.44. The molecule has 0 atom stereocenters. The third-order valence-electron chi connectivity index (χ3n) is 3.65. The number of halogens is 1. The summed E-state index contributed by atoms with van der Waals surface area (Å²) in [5.74, 6) is 1.58. The van der Waals surface area contributed by atoms with E-state index in [2.05, 4.69) is 25.8 Å². The summed E-state index contributed by atoms with van der Waals surface area (Å²) in [5.41, 5.74) is 2.04. The van der Waals surface area contributed by atoms with E-state index in [1.807, 2.05) is 36.5 Å². The minimum absolute atomic E-state index is 0.673. The van der Waals surface area contributed by atoms with Gasteiger partial charge >= 0.3 is 0 Å². The molecule has 0 aliphatic rings. The van der Waals surface area contributed by atoms with E-state index >= 15 is 0 Å². The summed E-state index contributed by atoms with van der Waals surface area (Å²) < 4.78 is 7.30. The van der Waals surface area contributed by atoms with Crippen molar-refractivity contribution in [2.45, 2.75) is 23.9 Å². The van der Waals surface area contributed by atoms with Crippen molar-refractivity contribution in [3.05, 3.63) is 59.4 Å². The lowest BCUT2D eigenvalue weighted by Gasteiger charge is -2.11. The van der Waals surface area contributed by atoms with Crippen molar-refractivity contribution in [3.8, 4) is 11.4 Å². The van der Waals surface area contributed by atoms with Gasteiger partial charge in [-0.05, 0) is 30.2 Å². The summed E-state index contributed by atoms with van der Waals surface area (Å²) >= 11 is 8.00. The first kappa shape index (κ1) is 17.9. The van der Waals surface area contributed by atoms with Crippen LogP contribution in [-0.4, -0.2) is 33.5 Å². The summed E-state index contributed by atoms with van der Waals surface area (Å²) in [6.45, 7) is 1.46. The minimum atomic E-state index is 0.673. The van der Waals surface area contributed by atoms with Gasteiger partial charge in [0.25, 0.3) is 0 Å². The first-order valence-corrected chi connectivity index (χ1v) is 9.34. The van der Waals surface area contributed by atoms with Crippen LogP contribution in [0.2, 0.25) is 5.02 Å². The predicted molar refractivity (Wildman–Crippen MR) is 101 cm³/mol. The number of hydrogen-bond acceptors (Lipinski definition) is 5. The topological polar surface area (TPSA) is 52.8 Å². The first-order chi connectivity index (χ1) is 12.3. The van der Waals surface area contributed by atoms with E-state index in [0.717, 1.165) is 40.8 Å². The Morgan fingerprint density at radius 3 is 2.80 bits per heavy atom.